The molecule has 0 spiro atoms. The minimum Gasteiger partial charge on any atom is -0.376 e. The quantitative estimate of drug-likeness (QED) is 0.591. The fraction of sp³-hybridized carbons (Fsp3) is 0.889. The van der Waals surface area contributed by atoms with Gasteiger partial charge in [0.15, 0.2) is 5.96 Å². The van der Waals surface area contributed by atoms with Gasteiger partial charge in [0, 0.05) is 45.1 Å². The number of piperidine rings is 1. The van der Waals surface area contributed by atoms with Crippen LogP contribution in [0, 0.1) is 5.92 Å². The number of amides is 1. The molecule has 6 nitrogen and oxygen atoms in total. The van der Waals surface area contributed by atoms with Crippen molar-refractivity contribution in [2.45, 2.75) is 57.5 Å². The lowest BCUT2D eigenvalue weighted by molar-refractivity contribution is -0.128. The molecular weight excluding hydrogens is 304 g/mol. The lowest BCUT2D eigenvalue weighted by Gasteiger charge is -2.27. The Morgan fingerprint density at radius 3 is 2.67 bits per heavy atom. The van der Waals surface area contributed by atoms with Gasteiger partial charge in [0.05, 0.1) is 12.7 Å². The molecule has 0 unspecified atom stereocenters. The molecule has 1 atom stereocenters. The Hall–Kier alpha value is -1.30. The van der Waals surface area contributed by atoms with Crippen molar-refractivity contribution < 1.29 is 9.53 Å². The average molecular weight is 336 g/mol. The summed E-state index contributed by atoms with van der Waals surface area (Å²) < 4.78 is 5.88. The maximum Gasteiger partial charge on any atom is 0.223 e. The third-order valence-electron chi connectivity index (χ3n) is 5.50. The third-order valence-corrected chi connectivity index (χ3v) is 5.50. The molecule has 0 aromatic heterocycles. The molecule has 0 radical (unpaired) electrons. The van der Waals surface area contributed by atoms with E-state index in [4.69, 9.17) is 10.5 Å². The first-order valence-corrected chi connectivity index (χ1v) is 9.66. The monoisotopic (exact) mass is 336 g/mol. The van der Waals surface area contributed by atoms with E-state index >= 15 is 0 Å². The molecular formula is C18H32N4O2. The molecule has 1 saturated carbocycles. The predicted molar refractivity (Wildman–Crippen MR) is 94.8 cm³/mol. The van der Waals surface area contributed by atoms with Crippen LogP contribution in [0.15, 0.2) is 4.99 Å². The zero-order chi connectivity index (χ0) is 16.8. The van der Waals surface area contributed by atoms with Crippen LogP contribution in [0.3, 0.4) is 0 Å². The van der Waals surface area contributed by atoms with Crippen LogP contribution in [-0.2, 0) is 9.53 Å². The topological polar surface area (TPSA) is 71.2 Å². The van der Waals surface area contributed by atoms with E-state index < -0.39 is 0 Å². The number of carbonyl (C=O) groups is 1. The Balaban J connectivity index is 1.37. The standard InChI is InChI=1S/C18H32N4O2/c19-18(21-8-4-1-5-9-21)20-13-15-12-17(23)22(14-15)10-11-24-16-6-2-3-7-16/h15-16H,1-14H2,(H2,19,20)/t15-/m1/s1. The number of rotatable bonds is 6. The van der Waals surface area contributed by atoms with E-state index in [1.54, 1.807) is 0 Å². The van der Waals surface area contributed by atoms with E-state index in [0.717, 1.165) is 26.2 Å². The Morgan fingerprint density at radius 2 is 1.92 bits per heavy atom. The molecule has 3 aliphatic rings. The summed E-state index contributed by atoms with van der Waals surface area (Å²) in [4.78, 5) is 20.8. The summed E-state index contributed by atoms with van der Waals surface area (Å²) in [5.41, 5.74) is 6.10. The second kappa shape index (κ2) is 8.70. The van der Waals surface area contributed by atoms with E-state index in [1.165, 1.54) is 44.9 Å². The molecule has 2 aliphatic heterocycles. The van der Waals surface area contributed by atoms with Crippen molar-refractivity contribution in [3.05, 3.63) is 0 Å². The van der Waals surface area contributed by atoms with Crippen LogP contribution in [0.1, 0.15) is 51.4 Å². The molecule has 3 fully saturated rings. The van der Waals surface area contributed by atoms with Crippen molar-refractivity contribution in [2.24, 2.45) is 16.6 Å². The van der Waals surface area contributed by atoms with Gasteiger partial charge in [-0.1, -0.05) is 12.8 Å². The number of nitrogens with two attached hydrogens (primary N) is 1. The van der Waals surface area contributed by atoms with E-state index in [1.807, 2.05) is 4.90 Å². The lowest BCUT2D eigenvalue weighted by Crippen LogP contribution is -2.41. The number of guanidine groups is 1. The molecule has 2 saturated heterocycles. The highest BCUT2D eigenvalue weighted by Gasteiger charge is 2.29. The fourth-order valence-corrected chi connectivity index (χ4v) is 4.02. The first-order chi connectivity index (χ1) is 11.7. The van der Waals surface area contributed by atoms with Gasteiger partial charge in [-0.25, -0.2) is 0 Å². The molecule has 24 heavy (non-hydrogen) atoms. The lowest BCUT2D eigenvalue weighted by atomic mass is 10.1. The SMILES string of the molecule is NC(=NC[C@H]1CC(=O)N(CCOC2CCCC2)C1)N1CCCCC1. The summed E-state index contributed by atoms with van der Waals surface area (Å²) in [6, 6.07) is 0. The van der Waals surface area contributed by atoms with Gasteiger partial charge >= 0.3 is 0 Å². The Kier molecular flexibility index (Phi) is 6.35. The molecule has 6 heteroatoms. The van der Waals surface area contributed by atoms with Gasteiger partial charge in [-0.3, -0.25) is 9.79 Å². The Morgan fingerprint density at radius 1 is 1.17 bits per heavy atom. The van der Waals surface area contributed by atoms with Gasteiger partial charge in [-0.15, -0.1) is 0 Å². The van der Waals surface area contributed by atoms with Gasteiger partial charge in [-0.2, -0.15) is 0 Å². The molecule has 1 aliphatic carbocycles. The first-order valence-electron chi connectivity index (χ1n) is 9.66. The summed E-state index contributed by atoms with van der Waals surface area (Å²) in [7, 11) is 0. The van der Waals surface area contributed by atoms with Crippen molar-refractivity contribution >= 4 is 11.9 Å². The molecule has 0 aromatic rings. The largest absolute Gasteiger partial charge is 0.376 e. The molecule has 3 rings (SSSR count). The minimum atomic E-state index is 0.238. The third kappa shape index (κ3) is 4.85. The summed E-state index contributed by atoms with van der Waals surface area (Å²) in [5, 5.41) is 0. The number of likely N-dealkylation sites (tertiary alicyclic amines) is 2. The zero-order valence-electron chi connectivity index (χ0n) is 14.8. The molecule has 1 amide bonds. The summed E-state index contributed by atoms with van der Waals surface area (Å²) in [6.45, 7) is 4.88. The van der Waals surface area contributed by atoms with Crippen molar-refractivity contribution in [3.63, 3.8) is 0 Å². The molecule has 2 N–H and O–H groups in total. The maximum absolute atomic E-state index is 12.1. The van der Waals surface area contributed by atoms with Crippen molar-refractivity contribution in [1.82, 2.24) is 9.80 Å². The van der Waals surface area contributed by atoms with Crippen LogP contribution in [0.5, 0.6) is 0 Å². The highest BCUT2D eigenvalue weighted by atomic mass is 16.5. The van der Waals surface area contributed by atoms with Crippen LogP contribution in [-0.4, -0.2) is 67.1 Å². The first kappa shape index (κ1) is 17.5. The van der Waals surface area contributed by atoms with Gasteiger partial charge in [-0.05, 0) is 32.1 Å². The zero-order valence-corrected chi connectivity index (χ0v) is 14.8. The van der Waals surface area contributed by atoms with Crippen LogP contribution >= 0.6 is 0 Å². The number of ether oxygens (including phenoxy) is 1. The maximum atomic E-state index is 12.1. The van der Waals surface area contributed by atoms with Crippen LogP contribution < -0.4 is 5.73 Å². The highest BCUT2D eigenvalue weighted by Crippen LogP contribution is 2.22. The van der Waals surface area contributed by atoms with Crippen molar-refractivity contribution in [2.75, 3.05) is 39.3 Å². The minimum absolute atomic E-state index is 0.238. The smallest absolute Gasteiger partial charge is 0.223 e. The Labute approximate surface area is 145 Å². The number of nitrogens with zero attached hydrogens (tertiary/aromatic N) is 3. The number of aliphatic imine (C=N–C) groups is 1. The predicted octanol–water partition coefficient (Wildman–Crippen LogP) is 1.59. The number of hydrogen-bond donors (Lipinski definition) is 1. The van der Waals surface area contributed by atoms with Crippen LogP contribution in [0.25, 0.3) is 0 Å². The second-order valence-electron chi connectivity index (χ2n) is 7.43. The second-order valence-corrected chi connectivity index (χ2v) is 7.43. The van der Waals surface area contributed by atoms with Crippen molar-refractivity contribution in [3.8, 4) is 0 Å². The summed E-state index contributed by atoms with van der Waals surface area (Å²) in [5.74, 6) is 1.19. The van der Waals surface area contributed by atoms with Gasteiger partial charge < -0.3 is 20.3 Å². The fourth-order valence-electron chi connectivity index (χ4n) is 4.02. The molecule has 0 aromatic carbocycles. The van der Waals surface area contributed by atoms with Gasteiger partial charge in [0.25, 0.3) is 0 Å². The normalized spacial score (nSPS) is 26.6. The van der Waals surface area contributed by atoms with E-state index in [9.17, 15) is 4.79 Å². The summed E-state index contributed by atoms with van der Waals surface area (Å²) in [6.07, 6.45) is 9.64. The number of hydrogen-bond acceptors (Lipinski definition) is 3. The molecule has 0 bridgehead atoms. The molecule has 136 valence electrons. The van der Waals surface area contributed by atoms with Crippen LogP contribution in [0.4, 0.5) is 0 Å². The van der Waals surface area contributed by atoms with E-state index in [2.05, 4.69) is 9.89 Å². The Bertz CT molecular complexity index is 442. The average Bonchev–Trinajstić information content (AvgIpc) is 3.24. The summed E-state index contributed by atoms with van der Waals surface area (Å²) >= 11 is 0. The van der Waals surface area contributed by atoms with Crippen molar-refractivity contribution in [1.29, 1.82) is 0 Å². The number of carbonyl (C=O) groups excluding carboxylic acids is 1. The molecule has 2 heterocycles. The van der Waals surface area contributed by atoms with E-state index in [0.29, 0.717) is 37.6 Å². The van der Waals surface area contributed by atoms with E-state index in [-0.39, 0.29) is 5.91 Å². The highest BCUT2D eigenvalue weighted by molar-refractivity contribution is 5.79. The van der Waals surface area contributed by atoms with Gasteiger partial charge in [0.2, 0.25) is 5.91 Å². The van der Waals surface area contributed by atoms with Gasteiger partial charge in [0.1, 0.15) is 0 Å². The van der Waals surface area contributed by atoms with Crippen LogP contribution in [0.2, 0.25) is 0 Å².